The van der Waals surface area contributed by atoms with Gasteiger partial charge in [0, 0.05) is 12.2 Å². The van der Waals surface area contributed by atoms with Gasteiger partial charge in [0.2, 0.25) is 0 Å². The third-order valence-electron chi connectivity index (χ3n) is 2.21. The molecule has 4 heteroatoms. The molecule has 0 aliphatic rings. The monoisotopic (exact) mass is 235 g/mol. The lowest BCUT2D eigenvalue weighted by Crippen LogP contribution is -2.17. The highest BCUT2D eigenvalue weighted by Crippen LogP contribution is 2.13. The smallest absolute Gasteiger partial charge is 0.144 e. The van der Waals surface area contributed by atoms with E-state index < -0.39 is 0 Å². The molecule has 0 aliphatic carbocycles. The molecule has 0 bridgehead atoms. The zero-order chi connectivity index (χ0) is 11.8. The lowest BCUT2D eigenvalue weighted by Gasteiger charge is -2.14. The Morgan fingerprint density at radius 2 is 2.44 bits per heavy atom. The number of nitriles is 1. The first kappa shape index (κ1) is 12.9. The fraction of sp³-hybridized carbons (Fsp3) is 0.500. The molecule has 86 valence electrons. The molecule has 1 aromatic rings. The van der Waals surface area contributed by atoms with Crippen molar-refractivity contribution in [2.24, 2.45) is 0 Å². The Bertz CT molecular complexity index is 360. The van der Waals surface area contributed by atoms with Crippen LogP contribution in [-0.2, 0) is 0 Å². The summed E-state index contributed by atoms with van der Waals surface area (Å²) in [5, 5.41) is 12.2. The largest absolute Gasteiger partial charge is 0.366 e. The van der Waals surface area contributed by atoms with Crippen molar-refractivity contribution in [1.29, 1.82) is 5.26 Å². The lowest BCUT2D eigenvalue weighted by molar-refractivity contribution is 0.766. The zero-order valence-corrected chi connectivity index (χ0v) is 10.5. The highest BCUT2D eigenvalue weighted by molar-refractivity contribution is 7.99. The van der Waals surface area contributed by atoms with Crippen molar-refractivity contribution in [1.82, 2.24) is 4.98 Å². The maximum Gasteiger partial charge on any atom is 0.144 e. The minimum absolute atomic E-state index is 0.348. The Kier molecular flexibility index (Phi) is 5.73. The molecular weight excluding hydrogens is 218 g/mol. The lowest BCUT2D eigenvalue weighted by atomic mass is 10.2. The summed E-state index contributed by atoms with van der Waals surface area (Å²) in [5.74, 6) is 2.98. The number of nitrogens with zero attached hydrogens (tertiary/aromatic N) is 2. The molecule has 0 spiro atoms. The molecule has 1 unspecified atom stereocenters. The van der Waals surface area contributed by atoms with E-state index in [1.165, 1.54) is 0 Å². The van der Waals surface area contributed by atoms with Crippen molar-refractivity contribution in [3.63, 3.8) is 0 Å². The van der Waals surface area contributed by atoms with Gasteiger partial charge in [0.05, 0.1) is 5.56 Å². The van der Waals surface area contributed by atoms with E-state index in [0.717, 1.165) is 17.9 Å². The Morgan fingerprint density at radius 3 is 3.12 bits per heavy atom. The van der Waals surface area contributed by atoms with E-state index in [9.17, 15) is 0 Å². The van der Waals surface area contributed by atoms with Crippen LogP contribution in [0.1, 0.15) is 25.8 Å². The van der Waals surface area contributed by atoms with E-state index in [1.807, 2.05) is 11.8 Å². The molecular formula is C12H17N3S. The normalized spacial score (nSPS) is 11.8. The molecule has 0 radical (unpaired) electrons. The predicted molar refractivity (Wildman–Crippen MR) is 69.7 cm³/mol. The summed E-state index contributed by atoms with van der Waals surface area (Å²) >= 11 is 1.93. The highest BCUT2D eigenvalue weighted by atomic mass is 32.2. The summed E-state index contributed by atoms with van der Waals surface area (Å²) in [7, 11) is 0. The molecule has 0 saturated heterocycles. The number of nitrogens with one attached hydrogen (secondary N) is 1. The topological polar surface area (TPSA) is 48.7 Å². The molecule has 1 heterocycles. The summed E-state index contributed by atoms with van der Waals surface area (Å²) in [5.41, 5.74) is 0.609. The fourth-order valence-electron chi connectivity index (χ4n) is 1.32. The maximum atomic E-state index is 8.91. The molecule has 1 rings (SSSR count). The molecule has 3 nitrogen and oxygen atoms in total. The van der Waals surface area contributed by atoms with Gasteiger partial charge in [-0.1, -0.05) is 6.92 Å². The third kappa shape index (κ3) is 4.11. The van der Waals surface area contributed by atoms with Gasteiger partial charge in [0.1, 0.15) is 11.9 Å². The minimum atomic E-state index is 0.348. The van der Waals surface area contributed by atoms with Gasteiger partial charge in [-0.2, -0.15) is 17.0 Å². The first-order valence-corrected chi connectivity index (χ1v) is 6.62. The second-order valence-electron chi connectivity index (χ2n) is 3.54. The number of hydrogen-bond donors (Lipinski definition) is 1. The zero-order valence-electron chi connectivity index (χ0n) is 9.73. The second-order valence-corrected chi connectivity index (χ2v) is 4.94. The van der Waals surface area contributed by atoms with Crippen LogP contribution in [0.2, 0.25) is 0 Å². The van der Waals surface area contributed by atoms with Gasteiger partial charge in [0.15, 0.2) is 0 Å². The standard InChI is InChI=1S/C12H17N3S/c1-3-16-8-6-10(2)15-12-11(9-13)5-4-7-14-12/h4-5,7,10H,3,6,8H2,1-2H3,(H,14,15). The number of rotatable bonds is 6. The van der Waals surface area contributed by atoms with Crippen LogP contribution in [-0.4, -0.2) is 22.5 Å². The molecule has 0 saturated carbocycles. The molecule has 0 aromatic carbocycles. The Labute approximate surface area is 101 Å². The van der Waals surface area contributed by atoms with Gasteiger partial charge in [-0.15, -0.1) is 0 Å². The van der Waals surface area contributed by atoms with E-state index >= 15 is 0 Å². The van der Waals surface area contributed by atoms with Gasteiger partial charge in [0.25, 0.3) is 0 Å². The average Bonchev–Trinajstić information content (AvgIpc) is 2.30. The first-order valence-electron chi connectivity index (χ1n) is 5.47. The van der Waals surface area contributed by atoms with Gasteiger partial charge >= 0.3 is 0 Å². The maximum absolute atomic E-state index is 8.91. The van der Waals surface area contributed by atoms with Crippen LogP contribution < -0.4 is 5.32 Å². The van der Waals surface area contributed by atoms with Crippen molar-refractivity contribution in [2.45, 2.75) is 26.3 Å². The fourth-order valence-corrected chi connectivity index (χ4v) is 2.13. The summed E-state index contributed by atoms with van der Waals surface area (Å²) in [6.45, 7) is 4.28. The number of pyridine rings is 1. The van der Waals surface area contributed by atoms with Gasteiger partial charge in [-0.25, -0.2) is 4.98 Å². The van der Waals surface area contributed by atoms with Crippen LogP contribution in [0.25, 0.3) is 0 Å². The predicted octanol–water partition coefficient (Wildman–Crippen LogP) is 2.90. The van der Waals surface area contributed by atoms with Crippen LogP contribution in [0.4, 0.5) is 5.82 Å². The third-order valence-corrected chi connectivity index (χ3v) is 3.14. The second kappa shape index (κ2) is 7.13. The Hall–Kier alpha value is -1.21. The summed E-state index contributed by atoms with van der Waals surface area (Å²) in [6, 6.07) is 6.05. The summed E-state index contributed by atoms with van der Waals surface area (Å²) in [4.78, 5) is 4.18. The van der Waals surface area contributed by atoms with Crippen molar-refractivity contribution in [2.75, 3.05) is 16.8 Å². The van der Waals surface area contributed by atoms with Gasteiger partial charge in [-0.05, 0) is 37.0 Å². The number of hydrogen-bond acceptors (Lipinski definition) is 4. The summed E-state index contributed by atoms with van der Waals surface area (Å²) in [6.07, 6.45) is 2.79. The molecule has 0 fully saturated rings. The van der Waals surface area contributed by atoms with Crippen molar-refractivity contribution in [3.8, 4) is 6.07 Å². The molecule has 1 atom stereocenters. The molecule has 0 amide bonds. The van der Waals surface area contributed by atoms with Crippen LogP contribution >= 0.6 is 11.8 Å². The highest BCUT2D eigenvalue weighted by Gasteiger charge is 2.06. The number of aromatic nitrogens is 1. The van der Waals surface area contributed by atoms with Gasteiger partial charge in [-0.3, -0.25) is 0 Å². The Morgan fingerprint density at radius 1 is 1.62 bits per heavy atom. The van der Waals surface area contributed by atoms with Crippen molar-refractivity contribution < 1.29 is 0 Å². The van der Waals surface area contributed by atoms with Crippen molar-refractivity contribution >= 4 is 17.6 Å². The number of anilines is 1. The van der Waals surface area contributed by atoms with Crippen LogP contribution in [0, 0.1) is 11.3 Å². The molecule has 16 heavy (non-hydrogen) atoms. The molecule has 1 aromatic heterocycles. The quantitative estimate of drug-likeness (QED) is 0.770. The van der Waals surface area contributed by atoms with Crippen LogP contribution in [0.3, 0.4) is 0 Å². The SMILES string of the molecule is CCSCCC(C)Nc1ncccc1C#N. The van der Waals surface area contributed by atoms with Gasteiger partial charge < -0.3 is 5.32 Å². The summed E-state index contributed by atoms with van der Waals surface area (Å²) < 4.78 is 0. The van der Waals surface area contributed by atoms with E-state index in [-0.39, 0.29) is 0 Å². The molecule has 0 aliphatic heterocycles. The van der Waals surface area contributed by atoms with E-state index in [4.69, 9.17) is 5.26 Å². The Balaban J connectivity index is 2.49. The van der Waals surface area contributed by atoms with Crippen LogP contribution in [0.5, 0.6) is 0 Å². The minimum Gasteiger partial charge on any atom is -0.366 e. The number of thioether (sulfide) groups is 1. The van der Waals surface area contributed by atoms with E-state index in [0.29, 0.717) is 17.4 Å². The molecule has 1 N–H and O–H groups in total. The van der Waals surface area contributed by atoms with E-state index in [2.05, 4.69) is 30.2 Å². The average molecular weight is 235 g/mol. The van der Waals surface area contributed by atoms with Crippen LogP contribution in [0.15, 0.2) is 18.3 Å². The first-order chi connectivity index (χ1) is 7.77. The van der Waals surface area contributed by atoms with E-state index in [1.54, 1.807) is 18.3 Å². The van der Waals surface area contributed by atoms with Crippen molar-refractivity contribution in [3.05, 3.63) is 23.9 Å².